The fourth-order valence-corrected chi connectivity index (χ4v) is 1.94. The minimum absolute atomic E-state index is 0.179. The molecule has 1 amide bonds. The highest BCUT2D eigenvalue weighted by atomic mass is 16.8. The van der Waals surface area contributed by atoms with Crippen LogP contribution >= 0.6 is 0 Å². The van der Waals surface area contributed by atoms with Gasteiger partial charge in [0.1, 0.15) is 6.10 Å². The Morgan fingerprint density at radius 3 is 2.36 bits per heavy atom. The number of carbonyl (C=O) groups excluding carboxylic acids is 2. The second-order valence-electron chi connectivity index (χ2n) is 5.42. The van der Waals surface area contributed by atoms with Gasteiger partial charge in [-0.15, -0.1) is 6.58 Å². The molecule has 0 spiro atoms. The second-order valence-corrected chi connectivity index (χ2v) is 5.42. The van der Waals surface area contributed by atoms with Crippen molar-refractivity contribution >= 4 is 11.9 Å². The summed E-state index contributed by atoms with van der Waals surface area (Å²) in [5.74, 6) is -3.68. The first-order valence-corrected chi connectivity index (χ1v) is 7.66. The van der Waals surface area contributed by atoms with E-state index in [9.17, 15) is 24.9 Å². The van der Waals surface area contributed by atoms with Gasteiger partial charge in [0.05, 0.1) is 25.9 Å². The molecule has 0 saturated carbocycles. The van der Waals surface area contributed by atoms with Gasteiger partial charge < -0.3 is 40.6 Å². The quantitative estimate of drug-likeness (QED) is 0.150. The number of esters is 1. The highest BCUT2D eigenvalue weighted by Crippen LogP contribution is 2.26. The van der Waals surface area contributed by atoms with Crippen LogP contribution in [0.4, 0.5) is 0 Å². The van der Waals surface area contributed by atoms with Gasteiger partial charge in [-0.2, -0.15) is 0 Å². The summed E-state index contributed by atoms with van der Waals surface area (Å²) in [5, 5.41) is 32.2. The molecule has 10 nitrogen and oxygen atoms in total. The summed E-state index contributed by atoms with van der Waals surface area (Å²) in [6, 6.07) is -0.756. The van der Waals surface area contributed by atoms with Crippen LogP contribution in [0.15, 0.2) is 12.7 Å². The fraction of sp³-hybridized carbons (Fsp3) is 0.733. The van der Waals surface area contributed by atoms with E-state index in [1.54, 1.807) is 0 Å². The summed E-state index contributed by atoms with van der Waals surface area (Å²) in [6.07, 6.45) is -3.85. The van der Waals surface area contributed by atoms with Crippen molar-refractivity contribution < 1.29 is 39.1 Å². The van der Waals surface area contributed by atoms with Gasteiger partial charge >= 0.3 is 5.97 Å². The largest absolute Gasteiger partial charge is 0.465 e. The standard InChI is InChI=1S/C15H28N2O8/c1-5-6-24-15(14(22)23-4,25-13(21)12(20)8-16)7-11(19)9(2)17-10(3)18/h5,9,11-13,19-21H,1,6-8,16H2,2-4H3,(H,17,18)/t9?,11?,12?,13-,15?/m0/s1. The molecule has 4 unspecified atom stereocenters. The monoisotopic (exact) mass is 364 g/mol. The molecule has 146 valence electrons. The molecule has 0 heterocycles. The Kier molecular flexibility index (Phi) is 10.4. The summed E-state index contributed by atoms with van der Waals surface area (Å²) in [5.41, 5.74) is 5.24. The number of rotatable bonds is 12. The molecule has 0 aliphatic rings. The zero-order valence-electron chi connectivity index (χ0n) is 14.7. The van der Waals surface area contributed by atoms with Crippen LogP contribution in [-0.2, 0) is 23.8 Å². The lowest BCUT2D eigenvalue weighted by Gasteiger charge is -2.36. The molecule has 0 aliphatic carbocycles. The molecule has 0 fully saturated rings. The SMILES string of the molecule is C=CCOC(CC(O)C(C)NC(C)=O)(O[C@H](O)C(O)CN)C(=O)OC. The van der Waals surface area contributed by atoms with Gasteiger partial charge in [0.25, 0.3) is 5.79 Å². The first-order chi connectivity index (χ1) is 11.6. The number of amides is 1. The molecular formula is C15H28N2O8. The lowest BCUT2D eigenvalue weighted by molar-refractivity contribution is -0.314. The van der Waals surface area contributed by atoms with Crippen molar-refractivity contribution in [2.45, 2.75) is 50.6 Å². The van der Waals surface area contributed by atoms with E-state index in [0.29, 0.717) is 0 Å². The number of aliphatic hydroxyl groups is 3. The van der Waals surface area contributed by atoms with Crippen LogP contribution < -0.4 is 11.1 Å². The van der Waals surface area contributed by atoms with E-state index in [0.717, 1.165) is 7.11 Å². The molecule has 0 bridgehead atoms. The summed E-state index contributed by atoms with van der Waals surface area (Å²) >= 11 is 0. The van der Waals surface area contributed by atoms with Crippen molar-refractivity contribution in [3.63, 3.8) is 0 Å². The average Bonchev–Trinajstić information content (AvgIpc) is 2.57. The Morgan fingerprint density at radius 2 is 1.92 bits per heavy atom. The van der Waals surface area contributed by atoms with Gasteiger partial charge in [0, 0.05) is 19.9 Å². The maximum absolute atomic E-state index is 12.2. The summed E-state index contributed by atoms with van der Waals surface area (Å²) in [6.45, 7) is 5.70. The highest BCUT2D eigenvalue weighted by Gasteiger charge is 2.47. The van der Waals surface area contributed by atoms with Crippen molar-refractivity contribution in [1.29, 1.82) is 0 Å². The van der Waals surface area contributed by atoms with E-state index in [1.807, 2.05) is 0 Å². The number of carbonyl (C=O) groups is 2. The number of nitrogens with two attached hydrogens (primary N) is 1. The zero-order valence-corrected chi connectivity index (χ0v) is 14.7. The Hall–Kier alpha value is -1.56. The first-order valence-electron chi connectivity index (χ1n) is 7.66. The maximum atomic E-state index is 12.2. The minimum atomic E-state index is -2.25. The van der Waals surface area contributed by atoms with Crippen LogP contribution in [0, 0.1) is 0 Å². The Labute approximate surface area is 146 Å². The van der Waals surface area contributed by atoms with Gasteiger partial charge in [0.2, 0.25) is 5.91 Å². The minimum Gasteiger partial charge on any atom is -0.465 e. The van der Waals surface area contributed by atoms with Crippen LogP contribution in [0.2, 0.25) is 0 Å². The lowest BCUT2D eigenvalue weighted by atomic mass is 10.0. The number of hydrogen-bond acceptors (Lipinski definition) is 9. The number of hydrogen-bond donors (Lipinski definition) is 5. The molecule has 0 aliphatic heterocycles. The van der Waals surface area contributed by atoms with E-state index < -0.39 is 42.7 Å². The smallest absolute Gasteiger partial charge is 0.366 e. The van der Waals surface area contributed by atoms with Gasteiger partial charge in [0.15, 0.2) is 6.29 Å². The molecule has 0 saturated heterocycles. The van der Waals surface area contributed by atoms with Crippen LogP contribution in [0.5, 0.6) is 0 Å². The Balaban J connectivity index is 5.54. The normalized spacial score (nSPS) is 18.4. The van der Waals surface area contributed by atoms with Crippen molar-refractivity contribution in [2.24, 2.45) is 5.73 Å². The molecule has 25 heavy (non-hydrogen) atoms. The Bertz CT molecular complexity index is 447. The third-order valence-electron chi connectivity index (χ3n) is 3.30. The van der Waals surface area contributed by atoms with Gasteiger partial charge in [-0.05, 0) is 6.92 Å². The predicted molar refractivity (Wildman–Crippen MR) is 87.0 cm³/mol. The summed E-state index contributed by atoms with van der Waals surface area (Å²) < 4.78 is 15.1. The van der Waals surface area contributed by atoms with E-state index >= 15 is 0 Å². The summed E-state index contributed by atoms with van der Waals surface area (Å²) in [7, 11) is 1.06. The molecule has 6 N–H and O–H groups in total. The van der Waals surface area contributed by atoms with Crippen molar-refractivity contribution in [1.82, 2.24) is 5.32 Å². The molecule has 0 aromatic carbocycles. The van der Waals surface area contributed by atoms with Crippen molar-refractivity contribution in [2.75, 3.05) is 20.3 Å². The zero-order chi connectivity index (χ0) is 19.6. The molecule has 0 aromatic heterocycles. The third-order valence-corrected chi connectivity index (χ3v) is 3.30. The average molecular weight is 364 g/mol. The maximum Gasteiger partial charge on any atom is 0.366 e. The summed E-state index contributed by atoms with van der Waals surface area (Å²) in [4.78, 5) is 23.4. The fourth-order valence-electron chi connectivity index (χ4n) is 1.94. The van der Waals surface area contributed by atoms with E-state index in [1.165, 1.54) is 19.9 Å². The van der Waals surface area contributed by atoms with E-state index in [-0.39, 0.29) is 19.1 Å². The van der Waals surface area contributed by atoms with Crippen LogP contribution in [-0.4, -0.2) is 77.8 Å². The first kappa shape index (κ1) is 23.4. The van der Waals surface area contributed by atoms with Gasteiger partial charge in [-0.25, -0.2) is 4.79 Å². The van der Waals surface area contributed by atoms with Crippen LogP contribution in [0.25, 0.3) is 0 Å². The number of methoxy groups -OCH3 is 1. The number of aliphatic hydroxyl groups excluding tert-OH is 3. The topological polar surface area (TPSA) is 161 Å². The molecule has 10 heteroatoms. The highest BCUT2D eigenvalue weighted by molar-refractivity contribution is 5.78. The van der Waals surface area contributed by atoms with Crippen LogP contribution in [0.3, 0.4) is 0 Å². The van der Waals surface area contributed by atoms with E-state index in [2.05, 4.69) is 16.6 Å². The lowest BCUT2D eigenvalue weighted by Crippen LogP contribution is -2.55. The predicted octanol–water partition coefficient (Wildman–Crippen LogP) is -2.01. The second kappa shape index (κ2) is 11.1. The van der Waals surface area contributed by atoms with Crippen molar-refractivity contribution in [3.8, 4) is 0 Å². The number of ether oxygens (including phenoxy) is 3. The molecule has 0 radical (unpaired) electrons. The molecule has 5 atom stereocenters. The van der Waals surface area contributed by atoms with E-state index in [4.69, 9.17) is 15.2 Å². The van der Waals surface area contributed by atoms with Crippen LogP contribution in [0.1, 0.15) is 20.3 Å². The molecule has 0 rings (SSSR count). The van der Waals surface area contributed by atoms with Crippen molar-refractivity contribution in [3.05, 3.63) is 12.7 Å². The van der Waals surface area contributed by atoms with Gasteiger partial charge in [-0.1, -0.05) is 6.08 Å². The third kappa shape index (κ3) is 7.46. The molecular weight excluding hydrogens is 336 g/mol. The van der Waals surface area contributed by atoms with Gasteiger partial charge in [-0.3, -0.25) is 4.79 Å². The number of nitrogens with one attached hydrogen (secondary N) is 1. The Morgan fingerprint density at radius 1 is 1.32 bits per heavy atom. The molecule has 0 aromatic rings.